The molecular formula is C17H25ClN4O2. The fourth-order valence-corrected chi connectivity index (χ4v) is 2.83. The standard InChI is InChI=1S/C17H25ClN4O2/c1-3-19-11-13(23)7-8-22-16-6-5-12(18)9-14(16)15(10-17(22)24)21-20-4-2/h5-6,9,13,19-20,23H,3-4,7-8,10-11H2,1-2H3/b21-15+. The Bertz CT molecular complexity index is 606. The van der Waals surface area contributed by atoms with Gasteiger partial charge in [0.05, 0.1) is 23.9 Å². The van der Waals surface area contributed by atoms with E-state index in [1.807, 2.05) is 26.0 Å². The van der Waals surface area contributed by atoms with E-state index < -0.39 is 6.10 Å². The van der Waals surface area contributed by atoms with Crippen LogP contribution in [0.2, 0.25) is 5.02 Å². The highest BCUT2D eigenvalue weighted by Gasteiger charge is 2.29. The van der Waals surface area contributed by atoms with Crippen molar-refractivity contribution in [2.45, 2.75) is 32.8 Å². The van der Waals surface area contributed by atoms with Gasteiger partial charge in [0.15, 0.2) is 0 Å². The molecule has 0 saturated heterocycles. The number of nitrogens with one attached hydrogen (secondary N) is 2. The van der Waals surface area contributed by atoms with E-state index in [0.29, 0.717) is 36.8 Å². The maximum atomic E-state index is 12.5. The number of carbonyl (C=O) groups is 1. The molecule has 6 nitrogen and oxygen atoms in total. The first-order valence-corrected chi connectivity index (χ1v) is 8.73. The number of aliphatic hydroxyl groups excluding tert-OH is 1. The average molecular weight is 353 g/mol. The highest BCUT2D eigenvalue weighted by Crippen LogP contribution is 2.31. The third-order valence-electron chi connectivity index (χ3n) is 3.87. The molecule has 7 heteroatoms. The van der Waals surface area contributed by atoms with Crippen LogP contribution in [0.15, 0.2) is 23.3 Å². The highest BCUT2D eigenvalue weighted by atomic mass is 35.5. The number of anilines is 1. The Morgan fingerprint density at radius 1 is 1.38 bits per heavy atom. The summed E-state index contributed by atoms with van der Waals surface area (Å²) in [7, 11) is 0. The van der Waals surface area contributed by atoms with Gasteiger partial charge < -0.3 is 20.7 Å². The third-order valence-corrected chi connectivity index (χ3v) is 4.10. The van der Waals surface area contributed by atoms with Crippen LogP contribution in [-0.4, -0.2) is 49.0 Å². The minimum absolute atomic E-state index is 0.0165. The molecule has 1 aromatic carbocycles. The minimum atomic E-state index is -0.481. The quantitative estimate of drug-likeness (QED) is 0.623. The van der Waals surface area contributed by atoms with Gasteiger partial charge in [-0.15, -0.1) is 0 Å². The van der Waals surface area contributed by atoms with E-state index in [1.54, 1.807) is 11.0 Å². The predicted molar refractivity (Wildman–Crippen MR) is 97.8 cm³/mol. The topological polar surface area (TPSA) is 77.0 Å². The Kier molecular flexibility index (Phi) is 7.02. The molecule has 0 fully saturated rings. The molecule has 1 amide bonds. The Morgan fingerprint density at radius 3 is 2.88 bits per heavy atom. The number of aliphatic hydroxyl groups is 1. The lowest BCUT2D eigenvalue weighted by molar-refractivity contribution is -0.117. The highest BCUT2D eigenvalue weighted by molar-refractivity contribution is 6.32. The van der Waals surface area contributed by atoms with Crippen LogP contribution in [0.4, 0.5) is 5.69 Å². The Labute approximate surface area is 147 Å². The summed E-state index contributed by atoms with van der Waals surface area (Å²) in [6.07, 6.45) is 0.259. The van der Waals surface area contributed by atoms with E-state index in [-0.39, 0.29) is 12.3 Å². The van der Waals surface area contributed by atoms with Crippen molar-refractivity contribution in [1.82, 2.24) is 10.7 Å². The zero-order chi connectivity index (χ0) is 17.5. The number of likely N-dealkylation sites (N-methyl/N-ethyl adjacent to an activating group) is 1. The van der Waals surface area contributed by atoms with Crippen LogP contribution in [0.1, 0.15) is 32.3 Å². The summed E-state index contributed by atoms with van der Waals surface area (Å²) < 4.78 is 0. The number of hydrazone groups is 1. The molecule has 1 aliphatic rings. The van der Waals surface area contributed by atoms with E-state index in [0.717, 1.165) is 17.8 Å². The number of amides is 1. The summed E-state index contributed by atoms with van der Waals surface area (Å²) in [5, 5.41) is 18.0. The summed E-state index contributed by atoms with van der Waals surface area (Å²) in [5.74, 6) is -0.0165. The van der Waals surface area contributed by atoms with Gasteiger partial charge in [0.25, 0.3) is 0 Å². The second kappa shape index (κ2) is 9.01. The normalized spacial score (nSPS) is 17.1. The summed E-state index contributed by atoms with van der Waals surface area (Å²) >= 11 is 6.12. The lowest BCUT2D eigenvalue weighted by Crippen LogP contribution is -2.40. The van der Waals surface area contributed by atoms with Gasteiger partial charge in [0, 0.05) is 30.2 Å². The van der Waals surface area contributed by atoms with Crippen molar-refractivity contribution < 1.29 is 9.90 Å². The van der Waals surface area contributed by atoms with Crippen molar-refractivity contribution in [1.29, 1.82) is 0 Å². The molecule has 0 spiro atoms. The van der Waals surface area contributed by atoms with Crippen molar-refractivity contribution in [3.05, 3.63) is 28.8 Å². The van der Waals surface area contributed by atoms with Gasteiger partial charge in [-0.25, -0.2) is 0 Å². The molecule has 24 heavy (non-hydrogen) atoms. The number of carbonyl (C=O) groups excluding carboxylic acids is 1. The fourth-order valence-electron chi connectivity index (χ4n) is 2.65. The molecule has 3 N–H and O–H groups in total. The lowest BCUT2D eigenvalue weighted by Gasteiger charge is -2.31. The van der Waals surface area contributed by atoms with Gasteiger partial charge in [-0.2, -0.15) is 5.10 Å². The lowest BCUT2D eigenvalue weighted by atomic mass is 9.98. The summed E-state index contributed by atoms with van der Waals surface area (Å²) in [6.45, 7) is 6.44. The first-order valence-electron chi connectivity index (χ1n) is 8.35. The van der Waals surface area contributed by atoms with Crippen LogP contribution in [0.5, 0.6) is 0 Å². The van der Waals surface area contributed by atoms with Gasteiger partial charge in [-0.3, -0.25) is 4.79 Å². The molecule has 1 aliphatic heterocycles. The van der Waals surface area contributed by atoms with Crippen LogP contribution in [0, 0.1) is 0 Å². The number of halogens is 1. The molecular weight excluding hydrogens is 328 g/mol. The Hall–Kier alpha value is -1.63. The summed E-state index contributed by atoms with van der Waals surface area (Å²) in [6, 6.07) is 5.44. The molecule has 1 unspecified atom stereocenters. The minimum Gasteiger partial charge on any atom is -0.392 e. The van der Waals surface area contributed by atoms with Crippen LogP contribution in [0.3, 0.4) is 0 Å². The molecule has 1 heterocycles. The van der Waals surface area contributed by atoms with E-state index in [2.05, 4.69) is 15.8 Å². The Balaban J connectivity index is 2.19. The van der Waals surface area contributed by atoms with Crippen LogP contribution >= 0.6 is 11.6 Å². The number of nitrogens with zero attached hydrogens (tertiary/aromatic N) is 2. The predicted octanol–water partition coefficient (Wildman–Crippen LogP) is 1.75. The van der Waals surface area contributed by atoms with Gasteiger partial charge in [-0.1, -0.05) is 18.5 Å². The van der Waals surface area contributed by atoms with E-state index in [9.17, 15) is 9.90 Å². The van der Waals surface area contributed by atoms with Crippen molar-refractivity contribution in [2.75, 3.05) is 31.1 Å². The second-order valence-corrected chi connectivity index (χ2v) is 6.14. The third kappa shape index (κ3) is 4.69. The molecule has 132 valence electrons. The molecule has 2 rings (SSSR count). The first kappa shape index (κ1) is 18.7. The second-order valence-electron chi connectivity index (χ2n) is 5.70. The SMILES string of the molecule is CCNCC(O)CCN1C(=O)C/C(=N\NCC)c2cc(Cl)ccc21. The molecule has 1 aromatic rings. The van der Waals surface area contributed by atoms with Crippen molar-refractivity contribution in [3.8, 4) is 0 Å². The van der Waals surface area contributed by atoms with Crippen molar-refractivity contribution >= 4 is 28.9 Å². The smallest absolute Gasteiger partial charge is 0.233 e. The molecule has 0 aliphatic carbocycles. The number of hydrogen-bond donors (Lipinski definition) is 3. The van der Waals surface area contributed by atoms with Crippen LogP contribution < -0.4 is 15.6 Å². The zero-order valence-electron chi connectivity index (χ0n) is 14.2. The van der Waals surface area contributed by atoms with Crippen LogP contribution in [-0.2, 0) is 4.79 Å². The summed E-state index contributed by atoms with van der Waals surface area (Å²) in [5.41, 5.74) is 5.27. The molecule has 0 radical (unpaired) electrons. The van der Waals surface area contributed by atoms with E-state index in [1.165, 1.54) is 0 Å². The largest absolute Gasteiger partial charge is 0.392 e. The fraction of sp³-hybridized carbons (Fsp3) is 0.529. The van der Waals surface area contributed by atoms with Crippen molar-refractivity contribution in [3.63, 3.8) is 0 Å². The molecule has 1 atom stereocenters. The first-order chi connectivity index (χ1) is 11.6. The van der Waals surface area contributed by atoms with Gasteiger partial charge in [0.1, 0.15) is 0 Å². The molecule has 0 aromatic heterocycles. The maximum Gasteiger partial charge on any atom is 0.233 e. The number of fused-ring (bicyclic) bond motifs is 1. The number of benzene rings is 1. The van der Waals surface area contributed by atoms with E-state index in [4.69, 9.17) is 11.6 Å². The Morgan fingerprint density at radius 2 is 2.17 bits per heavy atom. The zero-order valence-corrected chi connectivity index (χ0v) is 14.9. The monoisotopic (exact) mass is 352 g/mol. The van der Waals surface area contributed by atoms with Gasteiger partial charge in [-0.05, 0) is 38.1 Å². The number of hydrogen-bond acceptors (Lipinski definition) is 5. The molecule has 0 saturated carbocycles. The average Bonchev–Trinajstić information content (AvgIpc) is 2.57. The number of rotatable bonds is 8. The van der Waals surface area contributed by atoms with Gasteiger partial charge >= 0.3 is 0 Å². The van der Waals surface area contributed by atoms with E-state index >= 15 is 0 Å². The summed E-state index contributed by atoms with van der Waals surface area (Å²) in [4.78, 5) is 14.2. The maximum absolute atomic E-state index is 12.5. The molecule has 0 bridgehead atoms. The van der Waals surface area contributed by atoms with Crippen molar-refractivity contribution in [2.24, 2.45) is 5.10 Å². The van der Waals surface area contributed by atoms with Gasteiger partial charge in [0.2, 0.25) is 5.91 Å². The van der Waals surface area contributed by atoms with Crippen LogP contribution in [0.25, 0.3) is 0 Å².